The normalized spacial score (nSPS) is 37.2. The Morgan fingerprint density at radius 3 is 2.16 bits per heavy atom. The Morgan fingerprint density at radius 1 is 1.00 bits per heavy atom. The van der Waals surface area contributed by atoms with Gasteiger partial charge in [-0.1, -0.05) is 52.8 Å². The van der Waals surface area contributed by atoms with Gasteiger partial charge in [-0.25, -0.2) is 4.79 Å². The lowest BCUT2D eigenvalue weighted by molar-refractivity contribution is -0.345. The number of fused-ring (bicyclic) bond motifs is 5. The largest absolute Gasteiger partial charge is 0.455 e. The highest BCUT2D eigenvalue weighted by molar-refractivity contribution is 6.73. The van der Waals surface area contributed by atoms with Crippen molar-refractivity contribution in [2.45, 2.75) is 141 Å². The van der Waals surface area contributed by atoms with Gasteiger partial charge in [0.15, 0.2) is 25.8 Å². The molecule has 12 heteroatoms. The van der Waals surface area contributed by atoms with Crippen LogP contribution in [0.3, 0.4) is 0 Å². The van der Waals surface area contributed by atoms with Gasteiger partial charge >= 0.3 is 17.9 Å². The van der Waals surface area contributed by atoms with Crippen molar-refractivity contribution in [3.05, 3.63) is 47.0 Å². The van der Waals surface area contributed by atoms with E-state index in [1.165, 1.54) is 6.92 Å². The molecule has 0 spiro atoms. The maximum atomic E-state index is 15.8. The molecule has 4 fully saturated rings. The molecule has 2 N–H and O–H groups in total. The zero-order valence-electron chi connectivity index (χ0n) is 31.2. The number of hydrogen-bond donors (Lipinski definition) is 2. The van der Waals surface area contributed by atoms with E-state index in [1.54, 1.807) is 58.0 Å². The van der Waals surface area contributed by atoms with Gasteiger partial charge in [0.05, 0.1) is 41.6 Å². The van der Waals surface area contributed by atoms with Gasteiger partial charge in [0.2, 0.25) is 0 Å². The lowest BCUT2D eigenvalue weighted by Gasteiger charge is -2.68. The molecule has 280 valence electrons. The molecule has 1 saturated heterocycles. The standard InChI is InChI=1S/C39H54O11Si/c1-9-51(10-2,11-3)50-27-19-28-38(21-46-28,49-35(44)25-17-18-25)31-33(48-34(43)24-15-13-12-14-16-24)39(45)20-26(41)22(4)29(36(39,6)7)30(47-23(5)40)32(42)37(27,31)8/h12-16,25-28,30-31,33,41,45H,9-11,17-21H2,1-8H3/t26-,27-,28+,30+,31-,33-,37+,38-,39+/m0/s1. The summed E-state index contributed by atoms with van der Waals surface area (Å²) in [6.07, 6.45) is -4.63. The molecule has 0 radical (unpaired) electrons. The highest BCUT2D eigenvalue weighted by Crippen LogP contribution is 2.65. The quantitative estimate of drug-likeness (QED) is 0.144. The first-order valence-corrected chi connectivity index (χ1v) is 21.1. The number of rotatable bonds is 10. The summed E-state index contributed by atoms with van der Waals surface area (Å²) in [5.41, 5.74) is -5.76. The predicted octanol–water partition coefficient (Wildman–Crippen LogP) is 5.07. The minimum Gasteiger partial charge on any atom is -0.455 e. The van der Waals surface area contributed by atoms with Crippen LogP contribution >= 0.6 is 0 Å². The monoisotopic (exact) mass is 726 g/mol. The van der Waals surface area contributed by atoms with Crippen molar-refractivity contribution in [3.8, 4) is 0 Å². The topological polar surface area (TPSA) is 155 Å². The second kappa shape index (κ2) is 13.2. The van der Waals surface area contributed by atoms with Gasteiger partial charge in [-0.15, -0.1) is 0 Å². The third-order valence-corrected chi connectivity index (χ3v) is 18.0. The molecule has 2 bridgehead atoms. The highest BCUT2D eigenvalue weighted by atomic mass is 28.4. The van der Waals surface area contributed by atoms with E-state index < -0.39 is 90.5 Å². The van der Waals surface area contributed by atoms with Crippen molar-refractivity contribution in [2.24, 2.45) is 22.7 Å². The Bertz CT molecular complexity index is 1590. The first kappa shape index (κ1) is 37.8. The molecule has 0 amide bonds. The van der Waals surface area contributed by atoms with E-state index >= 15 is 4.79 Å². The molecule has 51 heavy (non-hydrogen) atoms. The summed E-state index contributed by atoms with van der Waals surface area (Å²) in [6.45, 7) is 14.2. The van der Waals surface area contributed by atoms with Gasteiger partial charge in [-0.3, -0.25) is 14.4 Å². The summed E-state index contributed by atoms with van der Waals surface area (Å²) >= 11 is 0. The molecule has 11 nitrogen and oxygen atoms in total. The number of carbonyl (C=O) groups excluding carboxylic acids is 4. The molecule has 5 aliphatic rings. The molecule has 1 aliphatic heterocycles. The van der Waals surface area contributed by atoms with Crippen molar-refractivity contribution in [1.82, 2.24) is 0 Å². The van der Waals surface area contributed by atoms with Gasteiger partial charge in [0.1, 0.15) is 17.8 Å². The van der Waals surface area contributed by atoms with Crippen LogP contribution in [0.4, 0.5) is 0 Å². The van der Waals surface area contributed by atoms with E-state index in [2.05, 4.69) is 20.8 Å². The van der Waals surface area contributed by atoms with Crippen LogP contribution in [-0.4, -0.2) is 90.6 Å². The number of esters is 3. The predicted molar refractivity (Wildman–Crippen MR) is 188 cm³/mol. The third-order valence-electron chi connectivity index (χ3n) is 13.4. The number of aliphatic hydroxyl groups excluding tert-OH is 1. The fourth-order valence-corrected chi connectivity index (χ4v) is 12.6. The van der Waals surface area contributed by atoms with Crippen LogP contribution in [0.1, 0.15) is 91.4 Å². The molecule has 9 atom stereocenters. The van der Waals surface area contributed by atoms with Gasteiger partial charge < -0.3 is 33.6 Å². The molecule has 3 saturated carbocycles. The second-order valence-electron chi connectivity index (χ2n) is 16.2. The minimum absolute atomic E-state index is 0.104. The van der Waals surface area contributed by atoms with E-state index in [9.17, 15) is 24.6 Å². The number of carbonyl (C=O) groups is 4. The van der Waals surface area contributed by atoms with Crippen LogP contribution in [0.15, 0.2) is 41.5 Å². The second-order valence-corrected chi connectivity index (χ2v) is 20.9. The first-order valence-electron chi connectivity index (χ1n) is 18.6. The molecule has 1 aromatic rings. The SMILES string of the molecule is CC[Si](CC)(CC)O[C@H]1C[C@H]2OC[C@@]2(OC(=O)C2CC2)[C@H]2[C@H](OC(=O)c3ccccc3)[C@]3(O)C[C@H](O)C(C)=C([C@@H](OC(C)=O)C(=O)[C@]12C)C3(C)C. The van der Waals surface area contributed by atoms with E-state index in [4.69, 9.17) is 23.4 Å². The fraction of sp³-hybridized carbons (Fsp3) is 0.692. The Balaban J connectivity index is 1.67. The zero-order chi connectivity index (χ0) is 37.3. The van der Waals surface area contributed by atoms with E-state index in [0.717, 1.165) is 18.1 Å². The van der Waals surface area contributed by atoms with E-state index in [0.29, 0.717) is 18.4 Å². The maximum absolute atomic E-state index is 15.8. The molecule has 1 aromatic carbocycles. The van der Waals surface area contributed by atoms with Crippen LogP contribution in [0, 0.1) is 22.7 Å². The number of Topliss-reactive ketones (excluding diaryl/α,β-unsaturated/α-hetero) is 1. The smallest absolute Gasteiger partial charge is 0.338 e. The van der Waals surface area contributed by atoms with Crippen LogP contribution in [-0.2, 0) is 37.8 Å². The third kappa shape index (κ3) is 5.75. The lowest BCUT2D eigenvalue weighted by atomic mass is 9.44. The average Bonchev–Trinajstić information content (AvgIpc) is 3.94. The van der Waals surface area contributed by atoms with Crippen molar-refractivity contribution >= 4 is 32.0 Å². The Morgan fingerprint density at radius 2 is 1.63 bits per heavy atom. The number of aliphatic hydroxyl groups is 2. The molecular weight excluding hydrogens is 673 g/mol. The zero-order valence-corrected chi connectivity index (χ0v) is 32.2. The maximum Gasteiger partial charge on any atom is 0.338 e. The molecule has 4 aliphatic carbocycles. The molecule has 0 aromatic heterocycles. The molecular formula is C39H54O11Si. The highest BCUT2D eigenvalue weighted by Gasteiger charge is 2.79. The Labute approximate surface area is 301 Å². The van der Waals surface area contributed by atoms with E-state index in [1.807, 2.05) is 0 Å². The Hall–Kier alpha value is -2.90. The van der Waals surface area contributed by atoms with Crippen molar-refractivity contribution in [1.29, 1.82) is 0 Å². The molecule has 6 rings (SSSR count). The average molecular weight is 727 g/mol. The van der Waals surface area contributed by atoms with Gasteiger partial charge in [-0.05, 0) is 68.1 Å². The summed E-state index contributed by atoms with van der Waals surface area (Å²) in [5, 5.41) is 25.0. The van der Waals surface area contributed by atoms with Crippen LogP contribution in [0.2, 0.25) is 18.1 Å². The first-order chi connectivity index (χ1) is 24.0. The van der Waals surface area contributed by atoms with Crippen LogP contribution in [0.25, 0.3) is 0 Å². The van der Waals surface area contributed by atoms with Gasteiger partial charge in [0.25, 0.3) is 0 Å². The van der Waals surface area contributed by atoms with Crippen LogP contribution < -0.4 is 0 Å². The lowest BCUT2D eigenvalue weighted by Crippen LogP contribution is -2.82. The van der Waals surface area contributed by atoms with Crippen molar-refractivity contribution < 1.29 is 52.8 Å². The number of ether oxygens (including phenoxy) is 4. The fourth-order valence-electron chi connectivity index (χ4n) is 9.68. The van der Waals surface area contributed by atoms with Gasteiger partial charge in [0, 0.05) is 25.2 Å². The Kier molecular flexibility index (Phi) is 9.79. The van der Waals surface area contributed by atoms with E-state index in [-0.39, 0.29) is 36.5 Å². The number of benzene rings is 1. The van der Waals surface area contributed by atoms with Gasteiger partial charge in [-0.2, -0.15) is 0 Å². The summed E-state index contributed by atoms with van der Waals surface area (Å²) in [5.74, 6) is -3.95. The van der Waals surface area contributed by atoms with Crippen LogP contribution in [0.5, 0.6) is 0 Å². The van der Waals surface area contributed by atoms with Crippen molar-refractivity contribution in [2.75, 3.05) is 6.61 Å². The summed E-state index contributed by atoms with van der Waals surface area (Å²) < 4.78 is 32.5. The molecule has 1 heterocycles. The number of hydrogen-bond acceptors (Lipinski definition) is 11. The number of ketones is 1. The summed E-state index contributed by atoms with van der Waals surface area (Å²) in [6, 6.07) is 10.7. The summed E-state index contributed by atoms with van der Waals surface area (Å²) in [4.78, 5) is 56.6. The minimum atomic E-state index is -2.48. The summed E-state index contributed by atoms with van der Waals surface area (Å²) in [7, 11) is -2.48. The van der Waals surface area contributed by atoms with Crippen molar-refractivity contribution in [3.63, 3.8) is 0 Å². The molecule has 0 unspecified atom stereocenters.